The van der Waals surface area contributed by atoms with Gasteiger partial charge in [0.25, 0.3) is 5.56 Å². The van der Waals surface area contributed by atoms with Gasteiger partial charge in [0.15, 0.2) is 18.0 Å². The number of nitrogens with one attached hydrogen (secondary N) is 1. The van der Waals surface area contributed by atoms with Gasteiger partial charge >= 0.3 is 19.5 Å². The molecule has 0 bridgehead atoms. The van der Waals surface area contributed by atoms with Crippen LogP contribution in [0.3, 0.4) is 0 Å². The van der Waals surface area contributed by atoms with Gasteiger partial charge in [-0.2, -0.15) is 0 Å². The van der Waals surface area contributed by atoms with Crippen LogP contribution in [0.1, 0.15) is 52.0 Å². The van der Waals surface area contributed by atoms with Crippen molar-refractivity contribution in [3.8, 4) is 0 Å². The lowest BCUT2D eigenvalue weighted by Crippen LogP contribution is -2.47. The van der Waals surface area contributed by atoms with E-state index in [0.29, 0.717) is 17.0 Å². The number of alkyl halides is 1. The molecule has 2 fully saturated rings. The smallest absolute Gasteiger partial charge is 0.455 e. The predicted molar refractivity (Wildman–Crippen MR) is 133 cm³/mol. The molecule has 1 N–H and O–H groups in total. The molecule has 1 aromatic heterocycles. The highest BCUT2D eigenvalue weighted by atomic mass is 35.5. The number of hydrogen-bond acceptors (Lipinski definition) is 9. The molecule has 11 nitrogen and oxygen atoms in total. The van der Waals surface area contributed by atoms with Gasteiger partial charge in [0.2, 0.25) is 0 Å². The number of aromatic nitrogens is 2. The van der Waals surface area contributed by atoms with Crippen molar-refractivity contribution < 1.29 is 36.8 Å². The molecule has 2 aliphatic heterocycles. The molecule has 1 aromatic carbocycles. The number of H-pyrrole nitrogens is 1. The number of hydrogen-bond donors (Lipinski definition) is 1. The standard InChI is InChI=1S/C24H29ClFN2O9P/c1-23(2,3)21(30)36-19-17(35-20(24(19,4)26)28-10-8-18(29)27-22(28)31)13-34-38(32)33-11-9-16(37-38)14-6-5-7-15(25)12-14/h5-8,10,12,16-17,19-20H,9,11,13H2,1-4H3,(H,27,29,31)/t16-,17+,19+,20+,24+,38?/m0/s1. The Hall–Kier alpha value is -2.34. The summed E-state index contributed by atoms with van der Waals surface area (Å²) in [5, 5.41) is 0.474. The molecule has 0 aliphatic carbocycles. The first-order valence-electron chi connectivity index (χ1n) is 11.9. The number of phosphoric acid groups is 1. The largest absolute Gasteiger partial charge is 0.475 e. The highest BCUT2D eigenvalue weighted by Crippen LogP contribution is 2.57. The molecular weight excluding hydrogens is 546 g/mol. The van der Waals surface area contributed by atoms with E-state index in [0.717, 1.165) is 23.8 Å². The van der Waals surface area contributed by atoms with Gasteiger partial charge in [-0.1, -0.05) is 23.7 Å². The Labute approximate surface area is 222 Å². The monoisotopic (exact) mass is 574 g/mol. The third-order valence-electron chi connectivity index (χ3n) is 6.13. The van der Waals surface area contributed by atoms with Gasteiger partial charge in [-0.3, -0.25) is 32.7 Å². The Morgan fingerprint density at radius 3 is 2.71 bits per heavy atom. The van der Waals surface area contributed by atoms with Crippen molar-refractivity contribution in [2.45, 2.75) is 64.3 Å². The van der Waals surface area contributed by atoms with Crippen molar-refractivity contribution in [2.24, 2.45) is 5.41 Å². The Bertz CT molecular complexity index is 1360. The molecule has 4 rings (SSSR count). The van der Waals surface area contributed by atoms with Crippen molar-refractivity contribution in [3.63, 3.8) is 0 Å². The summed E-state index contributed by atoms with van der Waals surface area (Å²) in [5.74, 6) is -0.729. The van der Waals surface area contributed by atoms with Crippen LogP contribution in [-0.2, 0) is 32.4 Å². The summed E-state index contributed by atoms with van der Waals surface area (Å²) in [7, 11) is -4.15. The fraction of sp³-hybridized carbons (Fsp3) is 0.542. The maximum atomic E-state index is 16.2. The maximum absolute atomic E-state index is 16.2. The van der Waals surface area contributed by atoms with Crippen LogP contribution < -0.4 is 11.2 Å². The van der Waals surface area contributed by atoms with E-state index in [-0.39, 0.29) is 6.61 Å². The second kappa shape index (κ2) is 10.7. The number of ether oxygens (including phenoxy) is 2. The zero-order valence-electron chi connectivity index (χ0n) is 21.2. The topological polar surface area (TPSA) is 135 Å². The van der Waals surface area contributed by atoms with Gasteiger partial charge in [0.05, 0.1) is 24.7 Å². The highest BCUT2D eigenvalue weighted by molar-refractivity contribution is 7.48. The number of esters is 1. The van der Waals surface area contributed by atoms with Gasteiger partial charge in [-0.05, 0) is 45.4 Å². The predicted octanol–water partition coefficient (Wildman–Crippen LogP) is 4.08. The quantitative estimate of drug-likeness (QED) is 0.400. The van der Waals surface area contributed by atoms with Crippen LogP contribution in [0.15, 0.2) is 46.1 Å². The molecule has 208 valence electrons. The molecule has 6 atom stereocenters. The van der Waals surface area contributed by atoms with Gasteiger partial charge in [-0.25, -0.2) is 13.8 Å². The van der Waals surface area contributed by atoms with Crippen molar-refractivity contribution in [3.05, 3.63) is 68.0 Å². The molecule has 0 spiro atoms. The van der Waals surface area contributed by atoms with Gasteiger partial charge < -0.3 is 9.47 Å². The Morgan fingerprint density at radius 2 is 2.05 bits per heavy atom. The first-order valence-corrected chi connectivity index (χ1v) is 13.7. The zero-order valence-corrected chi connectivity index (χ0v) is 22.9. The summed E-state index contributed by atoms with van der Waals surface area (Å²) >= 11 is 6.06. The summed E-state index contributed by atoms with van der Waals surface area (Å²) in [6.07, 6.45) is -3.67. The summed E-state index contributed by atoms with van der Waals surface area (Å²) < 4.78 is 58.1. The van der Waals surface area contributed by atoms with E-state index in [1.165, 1.54) is 0 Å². The average Bonchev–Trinajstić information content (AvgIpc) is 3.07. The summed E-state index contributed by atoms with van der Waals surface area (Å²) in [5.41, 5.74) is -4.37. The number of rotatable bonds is 6. The Morgan fingerprint density at radius 1 is 1.32 bits per heavy atom. The SMILES string of the molecule is CC(C)(C)C(=O)O[C@@H]1[C@@H](COP2(=O)OCC[C@@H](c3cccc(Cl)c3)O2)O[C@@H](n2ccc(=O)[nH]c2=O)[C@]1(C)F. The number of carbonyl (C=O) groups excluding carboxylic acids is 1. The minimum Gasteiger partial charge on any atom is -0.455 e. The first kappa shape index (κ1) is 28.7. The normalized spacial score (nSPS) is 31.7. The molecule has 2 aromatic rings. The highest BCUT2D eigenvalue weighted by Gasteiger charge is 2.59. The summed E-state index contributed by atoms with van der Waals surface area (Å²) in [6, 6.07) is 7.87. The second-order valence-corrected chi connectivity index (χ2v) is 12.3. The van der Waals surface area contributed by atoms with Crippen LogP contribution in [0, 0.1) is 5.41 Å². The lowest BCUT2D eigenvalue weighted by atomic mass is 9.95. The number of carbonyl (C=O) groups is 1. The van der Waals surface area contributed by atoms with Crippen LogP contribution in [0.4, 0.5) is 4.39 Å². The summed E-state index contributed by atoms with van der Waals surface area (Å²) in [4.78, 5) is 38.6. The number of phosphoric ester groups is 1. The third-order valence-corrected chi connectivity index (χ3v) is 7.85. The van der Waals surface area contributed by atoms with Gasteiger partial charge in [-0.15, -0.1) is 0 Å². The van der Waals surface area contributed by atoms with Crippen LogP contribution in [0.2, 0.25) is 5.02 Å². The fourth-order valence-corrected chi connectivity index (χ4v) is 5.70. The lowest BCUT2D eigenvalue weighted by Gasteiger charge is -2.31. The summed E-state index contributed by atoms with van der Waals surface area (Å²) in [6.45, 7) is 5.37. The van der Waals surface area contributed by atoms with E-state index in [1.807, 2.05) is 4.98 Å². The van der Waals surface area contributed by atoms with Crippen LogP contribution in [0.25, 0.3) is 0 Å². The Kier molecular flexibility index (Phi) is 8.05. The van der Waals surface area contributed by atoms with E-state index in [1.54, 1.807) is 45.0 Å². The first-order chi connectivity index (χ1) is 17.7. The molecule has 0 radical (unpaired) electrons. The van der Waals surface area contributed by atoms with Crippen LogP contribution in [0.5, 0.6) is 0 Å². The molecule has 0 amide bonds. The number of halogens is 2. The molecule has 1 unspecified atom stereocenters. The lowest BCUT2D eigenvalue weighted by molar-refractivity contribution is -0.167. The van der Waals surface area contributed by atoms with Crippen molar-refractivity contribution in [2.75, 3.05) is 13.2 Å². The van der Waals surface area contributed by atoms with E-state index in [4.69, 9.17) is 34.6 Å². The molecular formula is C24H29ClFN2O9P. The molecule has 2 saturated heterocycles. The molecule has 38 heavy (non-hydrogen) atoms. The zero-order chi connectivity index (χ0) is 27.9. The molecule has 3 heterocycles. The Balaban J connectivity index is 1.57. The maximum Gasteiger partial charge on any atom is 0.475 e. The molecule has 2 aliphatic rings. The molecule has 14 heteroatoms. The second-order valence-electron chi connectivity index (χ2n) is 10.3. The van der Waals surface area contributed by atoms with Crippen molar-refractivity contribution in [1.82, 2.24) is 9.55 Å². The van der Waals surface area contributed by atoms with Gasteiger partial charge in [0.1, 0.15) is 6.10 Å². The number of benzene rings is 1. The van der Waals surface area contributed by atoms with E-state index >= 15 is 4.39 Å². The van der Waals surface area contributed by atoms with E-state index in [2.05, 4.69) is 0 Å². The third kappa shape index (κ3) is 6.11. The number of nitrogens with zero attached hydrogens (tertiary/aromatic N) is 1. The molecule has 0 saturated carbocycles. The fourth-order valence-electron chi connectivity index (χ4n) is 4.11. The van der Waals surface area contributed by atoms with Crippen molar-refractivity contribution in [1.29, 1.82) is 0 Å². The van der Waals surface area contributed by atoms with Gasteiger partial charge in [0, 0.05) is 23.7 Å². The number of aromatic amines is 1. The van der Waals surface area contributed by atoms with E-state index in [9.17, 15) is 18.9 Å². The van der Waals surface area contributed by atoms with Crippen LogP contribution in [-0.4, -0.2) is 46.6 Å². The average molecular weight is 575 g/mol. The minimum absolute atomic E-state index is 0.0542. The minimum atomic E-state index is -4.15. The van der Waals surface area contributed by atoms with Crippen molar-refractivity contribution >= 4 is 25.4 Å². The van der Waals surface area contributed by atoms with E-state index < -0.39 is 67.3 Å². The van der Waals surface area contributed by atoms with Crippen LogP contribution >= 0.6 is 19.4 Å².